The van der Waals surface area contributed by atoms with Gasteiger partial charge in [-0.2, -0.15) is 0 Å². The first-order valence-corrected chi connectivity index (χ1v) is 11.1. The fourth-order valence-electron chi connectivity index (χ4n) is 4.60. The molecule has 0 saturated carbocycles. The molecule has 3 aromatic rings. The second-order valence-corrected chi connectivity index (χ2v) is 8.54. The van der Waals surface area contributed by atoms with Crippen LogP contribution in [0.15, 0.2) is 47.3 Å². The Morgan fingerprint density at radius 1 is 1.00 bits per heavy atom. The van der Waals surface area contributed by atoms with Gasteiger partial charge in [-0.25, -0.2) is 0 Å². The van der Waals surface area contributed by atoms with Crippen LogP contribution in [0.1, 0.15) is 30.9 Å². The van der Waals surface area contributed by atoms with Gasteiger partial charge in [0.1, 0.15) is 0 Å². The monoisotopic (exact) mass is 419 g/mol. The lowest BCUT2D eigenvalue weighted by molar-refractivity contribution is 0.173. The third-order valence-corrected chi connectivity index (χ3v) is 6.51. The van der Waals surface area contributed by atoms with Crippen LogP contribution >= 0.6 is 0 Å². The fraction of sp³-hybridized carbons (Fsp3) is 0.400. The molecule has 2 aromatic carbocycles. The number of benzene rings is 2. The second-order valence-electron chi connectivity index (χ2n) is 8.54. The summed E-state index contributed by atoms with van der Waals surface area (Å²) in [7, 11) is 1.84. The molecular formula is C25H29N3O3. The van der Waals surface area contributed by atoms with Gasteiger partial charge in [-0.05, 0) is 54.7 Å². The summed E-state index contributed by atoms with van der Waals surface area (Å²) in [6, 6.07) is 14.7. The van der Waals surface area contributed by atoms with Crippen LogP contribution in [0.3, 0.4) is 0 Å². The van der Waals surface area contributed by atoms with Crippen molar-refractivity contribution in [2.75, 3.05) is 25.2 Å². The lowest BCUT2D eigenvalue weighted by Crippen LogP contribution is -2.38. The number of aromatic nitrogens is 1. The van der Waals surface area contributed by atoms with Crippen LogP contribution in [0.5, 0.6) is 11.5 Å². The first kappa shape index (κ1) is 19.9. The molecule has 162 valence electrons. The topological polar surface area (TPSA) is 55.7 Å². The van der Waals surface area contributed by atoms with Crippen molar-refractivity contribution in [2.45, 2.75) is 38.8 Å². The molecule has 6 heteroatoms. The van der Waals surface area contributed by atoms with Crippen LogP contribution in [0.4, 0.5) is 5.69 Å². The van der Waals surface area contributed by atoms with E-state index in [0.29, 0.717) is 12.8 Å². The molecular weight excluding hydrogens is 390 g/mol. The maximum atomic E-state index is 12.5. The summed E-state index contributed by atoms with van der Waals surface area (Å²) in [5.41, 5.74) is 4.50. The zero-order chi connectivity index (χ0) is 21.4. The van der Waals surface area contributed by atoms with Crippen LogP contribution in [0.2, 0.25) is 0 Å². The highest BCUT2D eigenvalue weighted by molar-refractivity contribution is 5.92. The number of hydrogen-bond donors (Lipinski definition) is 1. The zero-order valence-electron chi connectivity index (χ0n) is 18.2. The Hall–Kier alpha value is -2.99. The van der Waals surface area contributed by atoms with E-state index in [2.05, 4.69) is 47.5 Å². The average Bonchev–Trinajstić information content (AvgIpc) is 3.26. The van der Waals surface area contributed by atoms with Crippen LogP contribution in [0, 0.1) is 0 Å². The third-order valence-electron chi connectivity index (χ3n) is 6.51. The molecule has 6 nitrogen and oxygen atoms in total. The van der Waals surface area contributed by atoms with Crippen LogP contribution in [-0.4, -0.2) is 35.4 Å². The zero-order valence-corrected chi connectivity index (χ0v) is 18.2. The molecule has 3 heterocycles. The molecule has 5 rings (SSSR count). The van der Waals surface area contributed by atoms with Crippen LogP contribution in [0.25, 0.3) is 10.9 Å². The number of likely N-dealkylation sites (tertiary alicyclic amines) is 1. The van der Waals surface area contributed by atoms with Crippen LogP contribution in [-0.2, 0) is 20.0 Å². The molecule has 1 aromatic heterocycles. The quantitative estimate of drug-likeness (QED) is 0.680. The minimum absolute atomic E-state index is 0.0273. The molecule has 0 amide bonds. The van der Waals surface area contributed by atoms with Crippen molar-refractivity contribution in [1.82, 2.24) is 9.47 Å². The molecule has 31 heavy (non-hydrogen) atoms. The van der Waals surface area contributed by atoms with Crippen molar-refractivity contribution in [1.29, 1.82) is 0 Å². The summed E-state index contributed by atoms with van der Waals surface area (Å²) in [5.74, 6) is 1.68. The number of rotatable bonds is 5. The van der Waals surface area contributed by atoms with Gasteiger partial charge in [0.25, 0.3) is 5.56 Å². The highest BCUT2D eigenvalue weighted by Gasteiger charge is 2.21. The van der Waals surface area contributed by atoms with E-state index in [0.717, 1.165) is 67.0 Å². The average molecular weight is 420 g/mol. The number of fused-ring (bicyclic) bond motifs is 2. The summed E-state index contributed by atoms with van der Waals surface area (Å²) < 4.78 is 12.6. The lowest BCUT2D eigenvalue weighted by atomic mass is 10.0. The Morgan fingerprint density at radius 2 is 1.77 bits per heavy atom. The smallest absolute Gasteiger partial charge is 0.252 e. The van der Waals surface area contributed by atoms with Gasteiger partial charge in [-0.15, -0.1) is 0 Å². The lowest BCUT2D eigenvalue weighted by Gasteiger charge is -2.33. The molecule has 0 atom stereocenters. The first-order chi connectivity index (χ1) is 15.1. The predicted octanol–water partition coefficient (Wildman–Crippen LogP) is 3.91. The Morgan fingerprint density at radius 3 is 2.58 bits per heavy atom. The van der Waals surface area contributed by atoms with E-state index in [-0.39, 0.29) is 5.56 Å². The van der Waals surface area contributed by atoms with E-state index < -0.39 is 0 Å². The highest BCUT2D eigenvalue weighted by Crippen LogP contribution is 2.33. The van der Waals surface area contributed by atoms with E-state index in [1.54, 1.807) is 10.6 Å². The largest absolute Gasteiger partial charge is 0.454 e. The Kier molecular flexibility index (Phi) is 5.32. The maximum Gasteiger partial charge on any atom is 0.252 e. The summed E-state index contributed by atoms with van der Waals surface area (Å²) in [5, 5.41) is 4.81. The van der Waals surface area contributed by atoms with Crippen molar-refractivity contribution >= 4 is 16.6 Å². The summed E-state index contributed by atoms with van der Waals surface area (Å²) in [6.45, 7) is 5.43. The number of pyridine rings is 1. The van der Waals surface area contributed by atoms with E-state index in [9.17, 15) is 4.79 Å². The van der Waals surface area contributed by atoms with Crippen LogP contribution < -0.4 is 20.3 Å². The van der Waals surface area contributed by atoms with Crippen molar-refractivity contribution in [3.63, 3.8) is 0 Å². The van der Waals surface area contributed by atoms with Crippen molar-refractivity contribution in [3.8, 4) is 11.5 Å². The Labute approximate surface area is 182 Å². The Bertz CT molecular complexity index is 1160. The number of ether oxygens (including phenoxy) is 2. The SMILES string of the molecule is CCc1ccc2c(c1)c(NC1CCN(Cc3ccc4c(c3)OCO4)CC1)cc(=O)n2C. The van der Waals surface area contributed by atoms with Gasteiger partial charge in [0.05, 0.1) is 5.52 Å². The second kappa shape index (κ2) is 8.27. The number of nitrogens with zero attached hydrogens (tertiary/aromatic N) is 2. The van der Waals surface area contributed by atoms with Gasteiger partial charge in [0.2, 0.25) is 6.79 Å². The Balaban J connectivity index is 1.27. The molecule has 1 saturated heterocycles. The van der Waals surface area contributed by atoms with Gasteiger partial charge in [0.15, 0.2) is 11.5 Å². The van der Waals surface area contributed by atoms with Gasteiger partial charge < -0.3 is 19.4 Å². The van der Waals surface area contributed by atoms with Gasteiger partial charge >= 0.3 is 0 Å². The van der Waals surface area contributed by atoms with Gasteiger partial charge in [-0.1, -0.05) is 19.1 Å². The number of hydrogen-bond acceptors (Lipinski definition) is 5. The number of nitrogens with one attached hydrogen (secondary N) is 1. The highest BCUT2D eigenvalue weighted by atomic mass is 16.7. The fourth-order valence-corrected chi connectivity index (χ4v) is 4.60. The molecule has 0 aliphatic carbocycles. The number of piperidine rings is 1. The van der Waals surface area contributed by atoms with Crippen molar-refractivity contribution in [2.24, 2.45) is 7.05 Å². The summed E-state index contributed by atoms with van der Waals surface area (Å²) >= 11 is 0. The van der Waals surface area contributed by atoms with E-state index in [4.69, 9.17) is 9.47 Å². The van der Waals surface area contributed by atoms with Crippen molar-refractivity contribution in [3.05, 3.63) is 63.9 Å². The number of anilines is 1. The maximum absolute atomic E-state index is 12.5. The summed E-state index contributed by atoms with van der Waals surface area (Å²) in [4.78, 5) is 15.0. The van der Waals surface area contributed by atoms with E-state index in [1.807, 2.05) is 13.1 Å². The molecule has 0 bridgehead atoms. The number of aryl methyl sites for hydroxylation is 2. The van der Waals surface area contributed by atoms with Gasteiger partial charge in [-0.3, -0.25) is 9.69 Å². The molecule has 0 unspecified atom stereocenters. The van der Waals surface area contributed by atoms with Gasteiger partial charge in [0, 0.05) is 49.9 Å². The normalized spacial score (nSPS) is 16.7. The molecule has 0 radical (unpaired) electrons. The van der Waals surface area contributed by atoms with E-state index >= 15 is 0 Å². The minimum Gasteiger partial charge on any atom is -0.454 e. The molecule has 2 aliphatic heterocycles. The predicted molar refractivity (Wildman–Crippen MR) is 123 cm³/mol. The summed E-state index contributed by atoms with van der Waals surface area (Å²) in [6.07, 6.45) is 3.08. The molecule has 2 aliphatic rings. The first-order valence-electron chi connectivity index (χ1n) is 11.1. The van der Waals surface area contributed by atoms with Crippen molar-refractivity contribution < 1.29 is 9.47 Å². The molecule has 1 N–H and O–H groups in total. The van der Waals surface area contributed by atoms with E-state index in [1.165, 1.54) is 11.1 Å². The standard InChI is InChI=1S/C25H29N3O3/c1-3-17-4-6-22-20(12-17)21(14-25(29)27(22)2)26-19-8-10-28(11-9-19)15-18-5-7-23-24(13-18)31-16-30-23/h4-7,12-14,19,26H,3,8-11,15-16H2,1-2H3. The molecule has 1 fully saturated rings. The molecule has 0 spiro atoms. The third kappa shape index (κ3) is 4.00. The minimum atomic E-state index is 0.0273.